The number of aliphatic carboxylic acids is 1. The van der Waals surface area contributed by atoms with Gasteiger partial charge in [0.15, 0.2) is 0 Å². The summed E-state index contributed by atoms with van der Waals surface area (Å²) in [4.78, 5) is 11.0. The molecule has 20 heavy (non-hydrogen) atoms. The third-order valence-electron chi connectivity index (χ3n) is 3.07. The molecule has 1 aromatic carbocycles. The molecule has 108 valence electrons. The second-order valence-electron chi connectivity index (χ2n) is 4.63. The standard InChI is InChI=1S/C13H14FNO4S/c1-9-4-5-10(11(14)7-9)8-20(18,19)15-6-2-3-12(15)13(16)17/h2-5,7,12H,6,8H2,1H3,(H,16,17). The predicted octanol–water partition coefficient (Wildman–Crippen LogP) is 1.29. The first-order valence-electron chi connectivity index (χ1n) is 5.95. The molecule has 0 radical (unpaired) electrons. The molecule has 0 bridgehead atoms. The highest BCUT2D eigenvalue weighted by Gasteiger charge is 2.35. The monoisotopic (exact) mass is 299 g/mol. The lowest BCUT2D eigenvalue weighted by Crippen LogP contribution is -2.41. The third kappa shape index (κ3) is 2.88. The molecule has 2 rings (SSSR count). The van der Waals surface area contributed by atoms with Crippen molar-refractivity contribution < 1.29 is 22.7 Å². The number of benzene rings is 1. The smallest absolute Gasteiger partial charge is 0.325 e. The molecule has 0 aliphatic carbocycles. The molecule has 1 aliphatic heterocycles. The summed E-state index contributed by atoms with van der Waals surface area (Å²) in [5.41, 5.74) is 0.724. The summed E-state index contributed by atoms with van der Waals surface area (Å²) in [6, 6.07) is 3.06. The molecule has 0 saturated heterocycles. The molecule has 0 spiro atoms. The van der Waals surface area contributed by atoms with Crippen molar-refractivity contribution in [3.05, 3.63) is 47.3 Å². The summed E-state index contributed by atoms with van der Waals surface area (Å²) in [5.74, 6) is -2.40. The molecule has 0 fully saturated rings. The first-order chi connectivity index (χ1) is 9.31. The number of sulfonamides is 1. The molecule has 1 aromatic rings. The molecule has 0 aromatic heterocycles. The number of carboxylic acid groups (broad SMARTS) is 1. The van der Waals surface area contributed by atoms with E-state index in [1.807, 2.05) is 0 Å². The van der Waals surface area contributed by atoms with Crippen LogP contribution in [0.25, 0.3) is 0 Å². The number of aryl methyl sites for hydroxylation is 1. The van der Waals surface area contributed by atoms with E-state index in [1.165, 1.54) is 24.3 Å². The Balaban J connectivity index is 2.25. The van der Waals surface area contributed by atoms with Gasteiger partial charge in [-0.25, -0.2) is 12.8 Å². The fourth-order valence-corrected chi connectivity index (χ4v) is 3.66. The quantitative estimate of drug-likeness (QED) is 0.850. The number of carboxylic acids is 1. The summed E-state index contributed by atoms with van der Waals surface area (Å²) in [6.07, 6.45) is 2.78. The molecular formula is C13H14FNO4S. The first kappa shape index (κ1) is 14.7. The Hall–Kier alpha value is -1.73. The van der Waals surface area contributed by atoms with E-state index < -0.39 is 33.6 Å². The van der Waals surface area contributed by atoms with Gasteiger partial charge in [-0.15, -0.1) is 0 Å². The summed E-state index contributed by atoms with van der Waals surface area (Å²) in [7, 11) is -3.89. The van der Waals surface area contributed by atoms with Gasteiger partial charge in [0, 0.05) is 12.1 Å². The highest BCUT2D eigenvalue weighted by Crippen LogP contribution is 2.21. The van der Waals surface area contributed by atoms with Gasteiger partial charge in [-0.05, 0) is 18.6 Å². The van der Waals surface area contributed by atoms with Gasteiger partial charge in [-0.1, -0.05) is 24.3 Å². The molecule has 1 unspecified atom stereocenters. The maximum atomic E-state index is 13.7. The lowest BCUT2D eigenvalue weighted by atomic mass is 10.2. The van der Waals surface area contributed by atoms with Crippen molar-refractivity contribution in [1.82, 2.24) is 4.31 Å². The van der Waals surface area contributed by atoms with Gasteiger partial charge >= 0.3 is 5.97 Å². The van der Waals surface area contributed by atoms with E-state index in [9.17, 15) is 17.6 Å². The topological polar surface area (TPSA) is 74.7 Å². The maximum Gasteiger partial charge on any atom is 0.325 e. The largest absolute Gasteiger partial charge is 0.480 e. The molecule has 1 aliphatic rings. The molecule has 0 saturated carbocycles. The second-order valence-corrected chi connectivity index (χ2v) is 6.55. The number of rotatable bonds is 4. The Labute approximate surface area is 116 Å². The average Bonchev–Trinajstić information content (AvgIpc) is 2.82. The molecule has 5 nitrogen and oxygen atoms in total. The van der Waals surface area contributed by atoms with Crippen LogP contribution in [0.15, 0.2) is 30.4 Å². The van der Waals surface area contributed by atoms with Gasteiger partial charge in [0.25, 0.3) is 0 Å². The number of halogens is 1. The van der Waals surface area contributed by atoms with Crippen LogP contribution >= 0.6 is 0 Å². The van der Waals surface area contributed by atoms with E-state index in [0.717, 1.165) is 4.31 Å². The van der Waals surface area contributed by atoms with Gasteiger partial charge < -0.3 is 5.11 Å². The summed E-state index contributed by atoms with van der Waals surface area (Å²) in [5, 5.41) is 8.97. The molecule has 0 amide bonds. The number of hydrogen-bond donors (Lipinski definition) is 1. The van der Waals surface area contributed by atoms with Crippen LogP contribution < -0.4 is 0 Å². The second kappa shape index (κ2) is 5.34. The Morgan fingerprint density at radius 1 is 1.50 bits per heavy atom. The molecule has 1 heterocycles. The number of carbonyl (C=O) groups is 1. The van der Waals surface area contributed by atoms with Crippen molar-refractivity contribution in [3.8, 4) is 0 Å². The summed E-state index contributed by atoms with van der Waals surface area (Å²) in [6.45, 7) is 1.69. The minimum Gasteiger partial charge on any atom is -0.480 e. The third-order valence-corrected chi connectivity index (χ3v) is 4.84. The van der Waals surface area contributed by atoms with E-state index in [4.69, 9.17) is 5.11 Å². The highest BCUT2D eigenvalue weighted by molar-refractivity contribution is 7.88. The van der Waals surface area contributed by atoms with Crippen LogP contribution in [-0.2, 0) is 20.6 Å². The molecule has 1 atom stereocenters. The lowest BCUT2D eigenvalue weighted by Gasteiger charge is -2.21. The van der Waals surface area contributed by atoms with Gasteiger partial charge in [-0.2, -0.15) is 4.31 Å². The van der Waals surface area contributed by atoms with Gasteiger partial charge in [0.05, 0.1) is 5.75 Å². The van der Waals surface area contributed by atoms with E-state index in [0.29, 0.717) is 5.56 Å². The van der Waals surface area contributed by atoms with Gasteiger partial charge in [0.1, 0.15) is 11.9 Å². The molecule has 1 N–H and O–H groups in total. The van der Waals surface area contributed by atoms with Crippen molar-refractivity contribution in [1.29, 1.82) is 0 Å². The average molecular weight is 299 g/mol. The maximum absolute atomic E-state index is 13.7. The summed E-state index contributed by atoms with van der Waals surface area (Å²) >= 11 is 0. The van der Waals surface area contributed by atoms with Crippen LogP contribution in [0.5, 0.6) is 0 Å². The van der Waals surface area contributed by atoms with E-state index in [-0.39, 0.29) is 12.1 Å². The van der Waals surface area contributed by atoms with E-state index >= 15 is 0 Å². The zero-order valence-electron chi connectivity index (χ0n) is 10.8. The Bertz CT molecular complexity index is 669. The zero-order chi connectivity index (χ0) is 14.9. The van der Waals surface area contributed by atoms with Gasteiger partial charge in [-0.3, -0.25) is 4.79 Å². The van der Waals surface area contributed by atoms with Crippen LogP contribution in [-0.4, -0.2) is 36.4 Å². The van der Waals surface area contributed by atoms with Crippen molar-refractivity contribution in [2.24, 2.45) is 0 Å². The summed E-state index contributed by atoms with van der Waals surface area (Å²) < 4.78 is 39.0. The fraction of sp³-hybridized carbons (Fsp3) is 0.308. The molecule has 7 heteroatoms. The van der Waals surface area contributed by atoms with Crippen LogP contribution in [0, 0.1) is 12.7 Å². The fourth-order valence-electron chi connectivity index (χ4n) is 2.04. The Morgan fingerprint density at radius 3 is 2.80 bits per heavy atom. The van der Waals surface area contributed by atoms with Crippen molar-refractivity contribution in [2.45, 2.75) is 18.7 Å². The first-order valence-corrected chi connectivity index (χ1v) is 7.56. The zero-order valence-corrected chi connectivity index (χ0v) is 11.6. The Kier molecular flexibility index (Phi) is 3.92. The predicted molar refractivity (Wildman–Crippen MR) is 71.0 cm³/mol. The minimum atomic E-state index is -3.89. The van der Waals surface area contributed by atoms with Crippen molar-refractivity contribution in [3.63, 3.8) is 0 Å². The number of hydrogen-bond acceptors (Lipinski definition) is 3. The van der Waals surface area contributed by atoms with E-state index in [1.54, 1.807) is 13.0 Å². The van der Waals surface area contributed by atoms with Crippen LogP contribution in [0.3, 0.4) is 0 Å². The van der Waals surface area contributed by atoms with Gasteiger partial charge in [0.2, 0.25) is 10.0 Å². The number of nitrogens with zero attached hydrogens (tertiary/aromatic N) is 1. The van der Waals surface area contributed by atoms with Crippen molar-refractivity contribution in [2.75, 3.05) is 6.54 Å². The van der Waals surface area contributed by atoms with Crippen LogP contribution in [0.2, 0.25) is 0 Å². The van der Waals surface area contributed by atoms with Crippen LogP contribution in [0.1, 0.15) is 11.1 Å². The SMILES string of the molecule is Cc1ccc(CS(=O)(=O)N2CC=CC2C(=O)O)c(F)c1. The van der Waals surface area contributed by atoms with E-state index in [2.05, 4.69) is 0 Å². The van der Waals surface area contributed by atoms with Crippen LogP contribution in [0.4, 0.5) is 4.39 Å². The Morgan fingerprint density at radius 2 is 2.20 bits per heavy atom. The highest BCUT2D eigenvalue weighted by atomic mass is 32.2. The molecular weight excluding hydrogens is 285 g/mol. The normalized spacial score (nSPS) is 19.4. The lowest BCUT2D eigenvalue weighted by molar-refractivity contribution is -0.139. The minimum absolute atomic E-state index is 0.00716. The van der Waals surface area contributed by atoms with Crippen molar-refractivity contribution >= 4 is 16.0 Å².